The molecule has 0 spiro atoms. The van der Waals surface area contributed by atoms with Crippen LogP contribution in [-0.2, 0) is 4.74 Å². The minimum absolute atomic E-state index is 0.214. The van der Waals surface area contributed by atoms with Crippen molar-refractivity contribution in [1.82, 2.24) is 14.9 Å². The van der Waals surface area contributed by atoms with E-state index in [9.17, 15) is 4.79 Å². The predicted octanol–water partition coefficient (Wildman–Crippen LogP) is 2.16. The lowest BCUT2D eigenvalue weighted by atomic mass is 10.1. The molecule has 0 radical (unpaired) electrons. The van der Waals surface area contributed by atoms with Crippen molar-refractivity contribution in [3.8, 4) is 6.07 Å². The monoisotopic (exact) mass is 303 g/mol. The summed E-state index contributed by atoms with van der Waals surface area (Å²) in [6, 6.07) is 2.20. The Morgan fingerprint density at radius 1 is 1.36 bits per heavy atom. The molecule has 2 rings (SSSR count). The van der Waals surface area contributed by atoms with Gasteiger partial charge in [0.25, 0.3) is 0 Å². The van der Waals surface area contributed by atoms with Crippen molar-refractivity contribution in [3.05, 3.63) is 18.0 Å². The Bertz CT molecular complexity index is 551. The van der Waals surface area contributed by atoms with Crippen LogP contribution in [0.1, 0.15) is 39.2 Å². The van der Waals surface area contributed by atoms with Crippen molar-refractivity contribution in [1.29, 1.82) is 5.26 Å². The van der Waals surface area contributed by atoms with Gasteiger partial charge in [0, 0.05) is 19.1 Å². The van der Waals surface area contributed by atoms with Crippen molar-refractivity contribution < 1.29 is 9.53 Å². The molecule has 1 aliphatic rings. The molecular formula is C15H21N5O2. The number of ether oxygens (including phenoxy) is 1. The molecule has 2 heterocycles. The standard InChI is InChI=1S/C15H21N5O2/c1-15(2,3)22-14(21)20-6-4-12(5-7-20)19-13-17-9-11(8-16)10-18-13/h9-10,12H,4-7H2,1-3H3,(H,17,18,19). The Labute approximate surface area is 130 Å². The van der Waals surface area contributed by atoms with Gasteiger partial charge in [-0.25, -0.2) is 14.8 Å². The maximum Gasteiger partial charge on any atom is 0.410 e. The minimum atomic E-state index is -0.470. The Balaban J connectivity index is 1.82. The molecule has 0 aromatic carbocycles. The van der Waals surface area contributed by atoms with Gasteiger partial charge in [-0.15, -0.1) is 0 Å². The van der Waals surface area contributed by atoms with E-state index in [0.717, 1.165) is 12.8 Å². The van der Waals surface area contributed by atoms with Crippen LogP contribution in [0.15, 0.2) is 12.4 Å². The molecule has 0 atom stereocenters. The summed E-state index contributed by atoms with van der Waals surface area (Å²) in [6.07, 6.45) is 4.34. The summed E-state index contributed by atoms with van der Waals surface area (Å²) in [4.78, 5) is 21.9. The molecule has 1 aromatic heterocycles. The average molecular weight is 303 g/mol. The molecule has 0 unspecified atom stereocenters. The molecule has 22 heavy (non-hydrogen) atoms. The first-order valence-electron chi connectivity index (χ1n) is 7.34. The minimum Gasteiger partial charge on any atom is -0.444 e. The Hall–Kier alpha value is -2.36. The molecule has 1 aliphatic heterocycles. The summed E-state index contributed by atoms with van der Waals surface area (Å²) < 4.78 is 5.37. The quantitative estimate of drug-likeness (QED) is 0.900. The lowest BCUT2D eigenvalue weighted by Gasteiger charge is -2.33. The number of nitrogens with one attached hydrogen (secondary N) is 1. The number of nitriles is 1. The van der Waals surface area contributed by atoms with Crippen molar-refractivity contribution in [2.24, 2.45) is 0 Å². The van der Waals surface area contributed by atoms with Crippen LogP contribution in [0, 0.1) is 11.3 Å². The Kier molecular flexibility index (Phi) is 4.81. The van der Waals surface area contributed by atoms with Gasteiger partial charge in [-0.3, -0.25) is 0 Å². The van der Waals surface area contributed by atoms with Gasteiger partial charge in [-0.1, -0.05) is 0 Å². The third-order valence-corrected chi connectivity index (χ3v) is 3.26. The van der Waals surface area contributed by atoms with E-state index in [-0.39, 0.29) is 12.1 Å². The first-order valence-corrected chi connectivity index (χ1v) is 7.34. The van der Waals surface area contributed by atoms with E-state index < -0.39 is 5.60 Å². The van der Waals surface area contributed by atoms with E-state index in [1.54, 1.807) is 4.90 Å². The largest absolute Gasteiger partial charge is 0.444 e. The maximum absolute atomic E-state index is 12.0. The fourth-order valence-electron chi connectivity index (χ4n) is 2.18. The van der Waals surface area contributed by atoms with E-state index in [4.69, 9.17) is 10.00 Å². The van der Waals surface area contributed by atoms with Gasteiger partial charge < -0.3 is 15.0 Å². The molecule has 1 aromatic rings. The van der Waals surface area contributed by atoms with Crippen LogP contribution < -0.4 is 5.32 Å². The van der Waals surface area contributed by atoms with Gasteiger partial charge in [-0.05, 0) is 33.6 Å². The summed E-state index contributed by atoms with van der Waals surface area (Å²) in [5.41, 5.74) is -0.0343. The van der Waals surface area contributed by atoms with Crippen LogP contribution in [0.4, 0.5) is 10.7 Å². The first-order chi connectivity index (χ1) is 10.4. The molecule has 118 valence electrons. The molecular weight excluding hydrogens is 282 g/mol. The lowest BCUT2D eigenvalue weighted by Crippen LogP contribution is -2.44. The topological polar surface area (TPSA) is 91.1 Å². The summed E-state index contributed by atoms with van der Waals surface area (Å²) in [5, 5.41) is 11.9. The number of carbonyl (C=O) groups excluding carboxylic acids is 1. The van der Waals surface area contributed by atoms with Gasteiger partial charge in [0.2, 0.25) is 5.95 Å². The fraction of sp³-hybridized carbons (Fsp3) is 0.600. The van der Waals surface area contributed by atoms with E-state index in [1.807, 2.05) is 26.8 Å². The Morgan fingerprint density at radius 3 is 2.45 bits per heavy atom. The van der Waals surface area contributed by atoms with Crippen LogP contribution in [0.25, 0.3) is 0 Å². The number of hydrogen-bond donors (Lipinski definition) is 1. The maximum atomic E-state index is 12.0. The highest BCUT2D eigenvalue weighted by molar-refractivity contribution is 5.68. The molecule has 0 bridgehead atoms. The number of aromatic nitrogens is 2. The zero-order chi connectivity index (χ0) is 16.2. The molecule has 7 nitrogen and oxygen atoms in total. The van der Waals surface area contributed by atoms with Gasteiger partial charge in [0.1, 0.15) is 11.7 Å². The van der Waals surface area contributed by atoms with Crippen LogP contribution in [0.5, 0.6) is 0 Å². The SMILES string of the molecule is CC(C)(C)OC(=O)N1CCC(Nc2ncc(C#N)cn2)CC1. The van der Waals surface area contributed by atoms with E-state index >= 15 is 0 Å². The molecule has 1 saturated heterocycles. The average Bonchev–Trinajstić information content (AvgIpc) is 2.47. The molecule has 0 aliphatic carbocycles. The third-order valence-electron chi connectivity index (χ3n) is 3.26. The predicted molar refractivity (Wildman–Crippen MR) is 81.2 cm³/mol. The van der Waals surface area contributed by atoms with Crippen LogP contribution in [0.2, 0.25) is 0 Å². The zero-order valence-electron chi connectivity index (χ0n) is 13.2. The van der Waals surface area contributed by atoms with Gasteiger partial charge in [0.05, 0.1) is 18.0 Å². The van der Waals surface area contributed by atoms with Crippen molar-refractivity contribution in [3.63, 3.8) is 0 Å². The summed E-state index contributed by atoms with van der Waals surface area (Å²) in [5.74, 6) is 0.509. The van der Waals surface area contributed by atoms with E-state index in [2.05, 4.69) is 15.3 Å². The second-order valence-electron chi connectivity index (χ2n) is 6.29. The lowest BCUT2D eigenvalue weighted by molar-refractivity contribution is 0.0210. The fourth-order valence-corrected chi connectivity index (χ4v) is 2.18. The number of nitrogens with zero attached hydrogens (tertiary/aromatic N) is 4. The first kappa shape index (κ1) is 16.0. The van der Waals surface area contributed by atoms with E-state index in [0.29, 0.717) is 24.6 Å². The molecule has 7 heteroatoms. The molecule has 1 fully saturated rings. The summed E-state index contributed by atoms with van der Waals surface area (Å²) >= 11 is 0. The highest BCUT2D eigenvalue weighted by Gasteiger charge is 2.26. The Morgan fingerprint density at radius 2 is 1.95 bits per heavy atom. The smallest absolute Gasteiger partial charge is 0.410 e. The number of anilines is 1. The second kappa shape index (κ2) is 6.60. The van der Waals surface area contributed by atoms with Gasteiger partial charge >= 0.3 is 6.09 Å². The number of amides is 1. The molecule has 0 saturated carbocycles. The molecule has 1 amide bonds. The van der Waals surface area contributed by atoms with E-state index in [1.165, 1.54) is 12.4 Å². The molecule has 1 N–H and O–H groups in total. The van der Waals surface area contributed by atoms with Crippen molar-refractivity contribution in [2.45, 2.75) is 45.3 Å². The highest BCUT2D eigenvalue weighted by atomic mass is 16.6. The van der Waals surface area contributed by atoms with Crippen molar-refractivity contribution >= 4 is 12.0 Å². The van der Waals surface area contributed by atoms with Crippen LogP contribution in [0.3, 0.4) is 0 Å². The summed E-state index contributed by atoms with van der Waals surface area (Å²) in [6.45, 7) is 6.87. The third kappa shape index (κ3) is 4.58. The normalized spacial score (nSPS) is 16.0. The number of piperidine rings is 1. The van der Waals surface area contributed by atoms with Gasteiger partial charge in [-0.2, -0.15) is 5.26 Å². The number of carbonyl (C=O) groups is 1. The number of hydrogen-bond acceptors (Lipinski definition) is 6. The number of likely N-dealkylation sites (tertiary alicyclic amines) is 1. The highest BCUT2D eigenvalue weighted by Crippen LogP contribution is 2.17. The number of rotatable bonds is 2. The van der Waals surface area contributed by atoms with Crippen LogP contribution >= 0.6 is 0 Å². The van der Waals surface area contributed by atoms with Gasteiger partial charge in [0.15, 0.2) is 0 Å². The summed E-state index contributed by atoms with van der Waals surface area (Å²) in [7, 11) is 0. The van der Waals surface area contributed by atoms with Crippen LogP contribution in [-0.4, -0.2) is 45.7 Å². The second-order valence-corrected chi connectivity index (χ2v) is 6.29. The zero-order valence-corrected chi connectivity index (χ0v) is 13.2. The van der Waals surface area contributed by atoms with Crippen molar-refractivity contribution in [2.75, 3.05) is 18.4 Å².